The van der Waals surface area contributed by atoms with Crippen molar-refractivity contribution in [1.82, 2.24) is 0 Å². The molecule has 6 fully saturated rings. The highest BCUT2D eigenvalue weighted by Gasteiger charge is 2.85. The van der Waals surface area contributed by atoms with Gasteiger partial charge in [0.15, 0.2) is 18.2 Å². The lowest BCUT2D eigenvalue weighted by Gasteiger charge is -2.62. The van der Waals surface area contributed by atoms with E-state index in [1.54, 1.807) is 13.8 Å². The van der Waals surface area contributed by atoms with E-state index in [0.29, 0.717) is 24.9 Å². The fraction of sp³-hybridized carbons (Fsp3) is 0.889. The molecule has 9 nitrogen and oxygen atoms in total. The molecule has 0 radical (unpaired) electrons. The van der Waals surface area contributed by atoms with Crippen LogP contribution in [0.25, 0.3) is 0 Å². The highest BCUT2D eigenvalue weighted by molar-refractivity contribution is 5.93. The Morgan fingerprint density at radius 1 is 1.07 bits per heavy atom. The van der Waals surface area contributed by atoms with Crippen molar-refractivity contribution in [3.8, 4) is 0 Å². The van der Waals surface area contributed by atoms with E-state index in [1.165, 1.54) is 6.92 Å². The van der Waals surface area contributed by atoms with Gasteiger partial charge in [-0.15, -0.1) is 0 Å². The third kappa shape index (κ3) is 4.45. The Morgan fingerprint density at radius 2 is 1.73 bits per heavy atom. The number of carbonyl (C=O) groups is 4. The summed E-state index contributed by atoms with van der Waals surface area (Å²) in [5, 5.41) is 11.0. The molecule has 6 aliphatic rings. The zero-order valence-corrected chi connectivity index (χ0v) is 28.4. The maximum Gasteiger partial charge on any atom is 0.303 e. The number of fused-ring (bicyclic) bond motifs is 4. The summed E-state index contributed by atoms with van der Waals surface area (Å²) in [6.45, 7) is 15.8. The average molecular weight is 631 g/mol. The minimum Gasteiger partial charge on any atom is -0.457 e. The first-order chi connectivity index (χ1) is 20.9. The number of rotatable bonds is 9. The molecule has 13 atom stereocenters. The zero-order chi connectivity index (χ0) is 33.0. The van der Waals surface area contributed by atoms with Gasteiger partial charge in [0.2, 0.25) is 6.29 Å². The van der Waals surface area contributed by atoms with E-state index in [-0.39, 0.29) is 57.9 Å². The molecule has 45 heavy (non-hydrogen) atoms. The van der Waals surface area contributed by atoms with Crippen molar-refractivity contribution in [1.29, 1.82) is 0 Å². The van der Waals surface area contributed by atoms with Crippen LogP contribution in [0.3, 0.4) is 0 Å². The molecule has 13 unspecified atom stereocenters. The van der Waals surface area contributed by atoms with Crippen molar-refractivity contribution in [2.75, 3.05) is 6.61 Å². The summed E-state index contributed by atoms with van der Waals surface area (Å²) in [6, 6.07) is 0. The van der Waals surface area contributed by atoms with Crippen LogP contribution in [-0.4, -0.2) is 72.3 Å². The minimum absolute atomic E-state index is 0.0722. The molecule has 1 N–H and O–H groups in total. The first-order valence-electron chi connectivity index (χ1n) is 17.2. The molecule has 9 heteroatoms. The third-order valence-corrected chi connectivity index (χ3v) is 14.6. The molecule has 1 saturated heterocycles. The molecular formula is C36H54O9. The molecule has 252 valence electrons. The summed E-state index contributed by atoms with van der Waals surface area (Å²) in [5.74, 6) is 0.636. The molecule has 1 aliphatic heterocycles. The van der Waals surface area contributed by atoms with Gasteiger partial charge in [-0.1, -0.05) is 34.6 Å². The molecule has 1 heterocycles. The number of hydrogen-bond donors (Lipinski definition) is 1. The summed E-state index contributed by atoms with van der Waals surface area (Å²) in [4.78, 5) is 49.4. The lowest BCUT2D eigenvalue weighted by Crippen LogP contribution is -2.59. The predicted octanol–water partition coefficient (Wildman–Crippen LogP) is 4.84. The van der Waals surface area contributed by atoms with Crippen molar-refractivity contribution in [2.45, 2.75) is 143 Å². The fourth-order valence-corrected chi connectivity index (χ4v) is 12.7. The Hall–Kier alpha value is -1.68. The van der Waals surface area contributed by atoms with Gasteiger partial charge in [-0.25, -0.2) is 0 Å². The van der Waals surface area contributed by atoms with Gasteiger partial charge in [-0.05, 0) is 105 Å². The molecule has 5 saturated carbocycles. The number of Topliss-reactive ketones (excluding diaryl/α,β-unsaturated/α-hetero) is 1. The Morgan fingerprint density at radius 3 is 2.36 bits per heavy atom. The van der Waals surface area contributed by atoms with E-state index in [9.17, 15) is 24.3 Å². The number of aldehydes is 2. The Kier molecular flexibility index (Phi) is 7.87. The maximum atomic E-state index is 14.9. The molecule has 0 aromatic carbocycles. The highest BCUT2D eigenvalue weighted by atomic mass is 16.7. The number of carbonyl (C=O) groups excluding carboxylic acids is 4. The SMILES string of the molecule is CC(=O)OC(C1CC(C)C2C(O1)C(=O)C1(C)C3CCC4C(C)(C)C(OC(C=O)OCC=O)CCC45CC35CCC21C)C(C)(C)O. The van der Waals surface area contributed by atoms with Gasteiger partial charge in [-0.2, -0.15) is 0 Å². The molecule has 2 spiro atoms. The molecule has 0 bridgehead atoms. The normalized spacial score (nSPS) is 47.6. The van der Waals surface area contributed by atoms with Crippen LogP contribution < -0.4 is 0 Å². The van der Waals surface area contributed by atoms with E-state index in [0.717, 1.165) is 44.9 Å². The van der Waals surface area contributed by atoms with Crippen LogP contribution >= 0.6 is 0 Å². The number of ketones is 1. The summed E-state index contributed by atoms with van der Waals surface area (Å²) in [6.07, 6.45) is 5.69. The van der Waals surface area contributed by atoms with Gasteiger partial charge in [0.05, 0.1) is 17.8 Å². The van der Waals surface area contributed by atoms with Gasteiger partial charge >= 0.3 is 5.97 Å². The molecular weight excluding hydrogens is 576 g/mol. The summed E-state index contributed by atoms with van der Waals surface area (Å²) in [5.41, 5.74) is -2.00. The second-order valence-electron chi connectivity index (χ2n) is 17.2. The highest BCUT2D eigenvalue weighted by Crippen LogP contribution is 2.89. The second kappa shape index (κ2) is 10.7. The quantitative estimate of drug-likeness (QED) is 0.217. The lowest BCUT2D eigenvalue weighted by molar-refractivity contribution is -0.221. The summed E-state index contributed by atoms with van der Waals surface area (Å²) < 4.78 is 23.9. The van der Waals surface area contributed by atoms with Gasteiger partial charge in [0.1, 0.15) is 19.0 Å². The Balaban J connectivity index is 1.28. The Bertz CT molecular complexity index is 1240. The maximum absolute atomic E-state index is 14.9. The van der Waals surface area contributed by atoms with Crippen molar-refractivity contribution in [3.63, 3.8) is 0 Å². The first kappa shape index (κ1) is 33.2. The van der Waals surface area contributed by atoms with E-state index >= 15 is 0 Å². The largest absolute Gasteiger partial charge is 0.457 e. The van der Waals surface area contributed by atoms with Crippen molar-refractivity contribution in [2.24, 2.45) is 50.7 Å². The van der Waals surface area contributed by atoms with Gasteiger partial charge in [0, 0.05) is 18.3 Å². The zero-order valence-electron chi connectivity index (χ0n) is 28.4. The molecule has 5 aliphatic carbocycles. The van der Waals surface area contributed by atoms with Crippen molar-refractivity contribution >= 4 is 24.3 Å². The topological polar surface area (TPSA) is 125 Å². The summed E-state index contributed by atoms with van der Waals surface area (Å²) >= 11 is 0. The van der Waals surface area contributed by atoms with Gasteiger partial charge in [0.25, 0.3) is 0 Å². The second-order valence-corrected chi connectivity index (χ2v) is 17.2. The number of esters is 1. The Labute approximate surface area is 267 Å². The van der Waals surface area contributed by atoms with Crippen LogP contribution in [0.5, 0.6) is 0 Å². The standard InChI is InChI=1S/C36H54O9/c1-20-17-22(30(32(5,6)41)43-21(2)39)44-28-27(20)33(7)13-14-36-19-35(36)12-11-25(45-26(18-38)42-16-15-37)31(3,4)23(35)9-10-24(36)34(33,8)29(28)40/h15,18,20,22-28,30,41H,9-14,16-17,19H2,1-8H3. The van der Waals surface area contributed by atoms with Crippen LogP contribution in [0.1, 0.15) is 107 Å². The third-order valence-electron chi connectivity index (χ3n) is 14.6. The van der Waals surface area contributed by atoms with Crippen LogP contribution in [-0.2, 0) is 38.1 Å². The molecule has 0 aromatic rings. The number of ether oxygens (including phenoxy) is 4. The molecule has 6 rings (SSSR count). The van der Waals surface area contributed by atoms with E-state index in [1.807, 2.05) is 0 Å². The predicted molar refractivity (Wildman–Crippen MR) is 164 cm³/mol. The minimum atomic E-state index is -1.31. The van der Waals surface area contributed by atoms with Crippen LogP contribution in [0.2, 0.25) is 0 Å². The molecule has 0 amide bonds. The van der Waals surface area contributed by atoms with Gasteiger partial charge in [-0.3, -0.25) is 14.4 Å². The van der Waals surface area contributed by atoms with Crippen molar-refractivity contribution in [3.05, 3.63) is 0 Å². The van der Waals surface area contributed by atoms with E-state index < -0.39 is 41.6 Å². The molecule has 0 aromatic heterocycles. The van der Waals surface area contributed by atoms with Crippen LogP contribution in [0.15, 0.2) is 0 Å². The number of hydrogen-bond acceptors (Lipinski definition) is 9. The number of aliphatic hydroxyl groups is 1. The van der Waals surface area contributed by atoms with E-state index in [4.69, 9.17) is 18.9 Å². The summed E-state index contributed by atoms with van der Waals surface area (Å²) in [7, 11) is 0. The fourth-order valence-electron chi connectivity index (χ4n) is 12.7. The van der Waals surface area contributed by atoms with E-state index in [2.05, 4.69) is 34.6 Å². The lowest BCUT2D eigenvalue weighted by atomic mass is 9.41. The van der Waals surface area contributed by atoms with Crippen LogP contribution in [0.4, 0.5) is 0 Å². The average Bonchev–Trinajstić information content (AvgIpc) is 3.59. The monoisotopic (exact) mass is 630 g/mol. The first-order valence-corrected chi connectivity index (χ1v) is 17.2. The van der Waals surface area contributed by atoms with Crippen molar-refractivity contribution < 1.29 is 43.2 Å². The van der Waals surface area contributed by atoms with Gasteiger partial charge < -0.3 is 28.8 Å². The van der Waals surface area contributed by atoms with Crippen LogP contribution in [0, 0.1) is 50.7 Å². The smallest absolute Gasteiger partial charge is 0.303 e.